The first kappa shape index (κ1) is 15.3. The molecule has 0 aliphatic rings. The van der Waals surface area contributed by atoms with Gasteiger partial charge in [0.05, 0.1) is 0 Å². The molecule has 0 saturated heterocycles. The van der Waals surface area contributed by atoms with Gasteiger partial charge in [0.15, 0.2) is 0 Å². The standard InChI is InChI=1S/2C4H8O3/c2*5-3-1-2-4(6)7/h2*5H,1-3H2,(H,6,7)/p-1. The molecule has 0 aromatic carbocycles. The van der Waals surface area contributed by atoms with Crippen molar-refractivity contribution >= 4 is 11.9 Å². The molecule has 0 amide bonds. The summed E-state index contributed by atoms with van der Waals surface area (Å²) in [5.74, 6) is -1.96. The van der Waals surface area contributed by atoms with Crippen molar-refractivity contribution in [1.29, 1.82) is 0 Å². The van der Waals surface area contributed by atoms with Gasteiger partial charge in [-0.25, -0.2) is 0 Å². The van der Waals surface area contributed by atoms with Crippen molar-refractivity contribution in [3.8, 4) is 0 Å². The molecule has 84 valence electrons. The van der Waals surface area contributed by atoms with E-state index in [-0.39, 0.29) is 26.1 Å². The molecule has 0 aliphatic carbocycles. The van der Waals surface area contributed by atoms with Gasteiger partial charge in [0, 0.05) is 25.6 Å². The van der Waals surface area contributed by atoms with E-state index in [0.717, 1.165) is 0 Å². The lowest BCUT2D eigenvalue weighted by atomic mass is 10.3. The molecular formula is C8H15O6-. The lowest BCUT2D eigenvalue weighted by Gasteiger charge is -1.95. The summed E-state index contributed by atoms with van der Waals surface area (Å²) in [7, 11) is 0. The second-order valence-corrected chi connectivity index (χ2v) is 2.42. The Labute approximate surface area is 81.8 Å². The number of carbonyl (C=O) groups excluding carboxylic acids is 1. The molecular weight excluding hydrogens is 192 g/mol. The van der Waals surface area contributed by atoms with Crippen LogP contribution < -0.4 is 5.11 Å². The number of carbonyl (C=O) groups is 2. The number of aliphatic hydroxyl groups excluding tert-OH is 2. The molecule has 0 aliphatic heterocycles. The molecule has 0 bridgehead atoms. The molecule has 0 atom stereocenters. The zero-order valence-corrected chi connectivity index (χ0v) is 7.81. The van der Waals surface area contributed by atoms with Crippen LogP contribution in [-0.2, 0) is 9.59 Å². The Balaban J connectivity index is 0. The number of aliphatic carboxylic acids is 2. The van der Waals surface area contributed by atoms with Crippen molar-refractivity contribution in [2.45, 2.75) is 25.7 Å². The number of carboxylic acid groups (broad SMARTS) is 2. The third kappa shape index (κ3) is 22.4. The first-order valence-corrected chi connectivity index (χ1v) is 4.18. The molecule has 0 saturated carbocycles. The summed E-state index contributed by atoms with van der Waals surface area (Å²) in [6.07, 6.45) is 0.671. The Morgan fingerprint density at radius 2 is 1.43 bits per heavy atom. The monoisotopic (exact) mass is 207 g/mol. The molecule has 6 heteroatoms. The molecule has 0 aromatic rings. The van der Waals surface area contributed by atoms with Gasteiger partial charge >= 0.3 is 5.97 Å². The highest BCUT2D eigenvalue weighted by Crippen LogP contribution is 1.83. The van der Waals surface area contributed by atoms with Gasteiger partial charge in [-0.3, -0.25) is 4.79 Å². The quantitative estimate of drug-likeness (QED) is 0.480. The van der Waals surface area contributed by atoms with Crippen molar-refractivity contribution < 1.29 is 30.0 Å². The lowest BCUT2D eigenvalue weighted by Crippen LogP contribution is -2.21. The summed E-state index contributed by atoms with van der Waals surface area (Å²) in [5.41, 5.74) is 0. The van der Waals surface area contributed by atoms with Crippen LogP contribution in [0.2, 0.25) is 0 Å². The van der Waals surface area contributed by atoms with E-state index < -0.39 is 11.9 Å². The van der Waals surface area contributed by atoms with Gasteiger partial charge in [-0.2, -0.15) is 0 Å². The van der Waals surface area contributed by atoms with E-state index >= 15 is 0 Å². The third-order valence-corrected chi connectivity index (χ3v) is 1.09. The zero-order valence-electron chi connectivity index (χ0n) is 7.81. The summed E-state index contributed by atoms with van der Waals surface area (Å²) >= 11 is 0. The Bertz CT molecular complexity index is 138. The van der Waals surface area contributed by atoms with Crippen LogP contribution in [0.3, 0.4) is 0 Å². The number of rotatable bonds is 6. The van der Waals surface area contributed by atoms with E-state index in [4.69, 9.17) is 15.3 Å². The van der Waals surface area contributed by atoms with Crippen LogP contribution in [0, 0.1) is 0 Å². The molecule has 14 heavy (non-hydrogen) atoms. The molecule has 0 spiro atoms. The van der Waals surface area contributed by atoms with Crippen molar-refractivity contribution in [3.05, 3.63) is 0 Å². The van der Waals surface area contributed by atoms with Crippen LogP contribution in [0.25, 0.3) is 0 Å². The van der Waals surface area contributed by atoms with Gasteiger partial charge in [0.1, 0.15) is 0 Å². The minimum Gasteiger partial charge on any atom is -0.550 e. The molecule has 0 heterocycles. The molecule has 3 N–H and O–H groups in total. The van der Waals surface area contributed by atoms with E-state index in [1.165, 1.54) is 0 Å². The largest absolute Gasteiger partial charge is 0.550 e. The first-order valence-electron chi connectivity index (χ1n) is 4.18. The fraction of sp³-hybridized carbons (Fsp3) is 0.750. The van der Waals surface area contributed by atoms with Crippen molar-refractivity contribution in [2.24, 2.45) is 0 Å². The molecule has 0 fully saturated rings. The third-order valence-electron chi connectivity index (χ3n) is 1.09. The fourth-order valence-electron chi connectivity index (χ4n) is 0.454. The molecule has 0 rings (SSSR count). The number of hydrogen-bond acceptors (Lipinski definition) is 5. The lowest BCUT2D eigenvalue weighted by molar-refractivity contribution is -0.305. The second-order valence-electron chi connectivity index (χ2n) is 2.42. The Hall–Kier alpha value is -1.14. The highest BCUT2D eigenvalue weighted by molar-refractivity contribution is 5.66. The minimum absolute atomic E-state index is 0.0354. The molecule has 0 unspecified atom stereocenters. The van der Waals surface area contributed by atoms with Gasteiger partial charge in [0.2, 0.25) is 0 Å². The van der Waals surface area contributed by atoms with Crippen LogP contribution in [0.5, 0.6) is 0 Å². The maximum atomic E-state index is 9.65. The summed E-state index contributed by atoms with van der Waals surface area (Å²) in [5, 5.41) is 33.5. The SMILES string of the molecule is O=C(O)CCCO.O=C([O-])CCCO. The normalized spacial score (nSPS) is 8.71. The number of hydrogen-bond donors (Lipinski definition) is 3. The number of carboxylic acids is 2. The number of aliphatic hydroxyl groups is 2. The predicted molar refractivity (Wildman–Crippen MR) is 45.3 cm³/mol. The van der Waals surface area contributed by atoms with E-state index in [9.17, 15) is 14.7 Å². The van der Waals surface area contributed by atoms with Gasteiger partial charge in [-0.15, -0.1) is 0 Å². The summed E-state index contributed by atoms with van der Waals surface area (Å²) < 4.78 is 0. The average molecular weight is 207 g/mol. The van der Waals surface area contributed by atoms with Crippen LogP contribution in [0.1, 0.15) is 25.7 Å². The van der Waals surface area contributed by atoms with Crippen LogP contribution in [0.4, 0.5) is 0 Å². The van der Waals surface area contributed by atoms with E-state index in [0.29, 0.717) is 12.8 Å². The highest BCUT2D eigenvalue weighted by Gasteiger charge is 1.91. The first-order chi connectivity index (χ1) is 6.54. The predicted octanol–water partition coefficient (Wildman–Crippen LogP) is -1.65. The van der Waals surface area contributed by atoms with Crippen LogP contribution in [0.15, 0.2) is 0 Å². The molecule has 0 aromatic heterocycles. The maximum Gasteiger partial charge on any atom is 0.303 e. The zero-order chi connectivity index (χ0) is 11.4. The summed E-state index contributed by atoms with van der Waals surface area (Å²) in [6, 6.07) is 0. The van der Waals surface area contributed by atoms with Gasteiger partial charge in [0.25, 0.3) is 0 Å². The second kappa shape index (κ2) is 11.9. The summed E-state index contributed by atoms with van der Waals surface area (Å²) in [4.78, 5) is 19.2. The van der Waals surface area contributed by atoms with Crippen molar-refractivity contribution in [2.75, 3.05) is 13.2 Å². The topological polar surface area (TPSA) is 118 Å². The molecule has 6 nitrogen and oxygen atoms in total. The van der Waals surface area contributed by atoms with Gasteiger partial charge < -0.3 is 25.2 Å². The summed E-state index contributed by atoms with van der Waals surface area (Å²) in [6.45, 7) is -0.111. The minimum atomic E-state index is -1.10. The van der Waals surface area contributed by atoms with Gasteiger partial charge in [-0.05, 0) is 19.3 Å². The van der Waals surface area contributed by atoms with Crippen molar-refractivity contribution in [1.82, 2.24) is 0 Å². The molecule has 0 radical (unpaired) electrons. The highest BCUT2D eigenvalue weighted by atomic mass is 16.4. The Morgan fingerprint density at radius 3 is 1.57 bits per heavy atom. The van der Waals surface area contributed by atoms with E-state index in [1.807, 2.05) is 0 Å². The Morgan fingerprint density at radius 1 is 1.00 bits per heavy atom. The smallest absolute Gasteiger partial charge is 0.303 e. The van der Waals surface area contributed by atoms with Crippen LogP contribution >= 0.6 is 0 Å². The van der Waals surface area contributed by atoms with E-state index in [1.54, 1.807) is 0 Å². The Kier molecular flexibility index (Phi) is 13.0. The fourth-order valence-corrected chi connectivity index (χ4v) is 0.454. The maximum absolute atomic E-state index is 9.65. The van der Waals surface area contributed by atoms with Crippen LogP contribution in [-0.4, -0.2) is 40.5 Å². The average Bonchev–Trinajstić information content (AvgIpc) is 2.12. The van der Waals surface area contributed by atoms with Gasteiger partial charge in [-0.1, -0.05) is 0 Å². The van der Waals surface area contributed by atoms with E-state index in [2.05, 4.69) is 0 Å². The van der Waals surface area contributed by atoms with Crippen molar-refractivity contribution in [3.63, 3.8) is 0 Å².